The fourth-order valence-electron chi connectivity index (χ4n) is 0.764. The van der Waals surface area contributed by atoms with Crippen molar-refractivity contribution in [2.45, 2.75) is 17.6 Å². The lowest BCUT2D eigenvalue weighted by Crippen LogP contribution is -2.24. The van der Waals surface area contributed by atoms with Crippen molar-refractivity contribution >= 4 is 27.2 Å². The Balaban J connectivity index is 2.67. The molecule has 0 saturated heterocycles. The third kappa shape index (κ3) is 2.17. The Labute approximate surface area is 70.6 Å². The summed E-state index contributed by atoms with van der Waals surface area (Å²) in [6, 6.07) is 0. The molecule has 1 aliphatic rings. The van der Waals surface area contributed by atoms with E-state index in [1.54, 1.807) is 0 Å². The Morgan fingerprint density at radius 3 is 2.27 bits per heavy atom. The number of rotatable bonds is 3. The van der Waals surface area contributed by atoms with Crippen molar-refractivity contribution in [1.82, 2.24) is 0 Å². The molecule has 1 atom stereocenters. The van der Waals surface area contributed by atoms with Crippen LogP contribution in [0.2, 0.25) is 0 Å². The number of sulfone groups is 1. The van der Waals surface area contributed by atoms with Gasteiger partial charge in [-0.2, -0.15) is 0 Å². The van der Waals surface area contributed by atoms with Crippen LogP contribution in [0.15, 0.2) is 0 Å². The Morgan fingerprint density at radius 1 is 1.55 bits per heavy atom. The molecule has 0 aromatic carbocycles. The highest BCUT2D eigenvalue weighted by molar-refractivity contribution is 7.93. The van der Waals surface area contributed by atoms with E-state index in [1.165, 1.54) is 0 Å². The number of carbonyl (C=O) groups is 1. The molecule has 0 aliphatic heterocycles. The lowest BCUT2D eigenvalue weighted by Gasteiger charge is -2.03. The van der Waals surface area contributed by atoms with Crippen LogP contribution in [-0.2, 0) is 14.6 Å². The number of halogens is 1. The molecule has 0 spiro atoms. The fourth-order valence-corrected chi connectivity index (χ4v) is 1.56. The molecule has 0 N–H and O–H groups in total. The number of hydrogen-bond donors (Lipinski definition) is 0. The number of hydrogen-bond acceptors (Lipinski definition) is 3. The molecule has 0 heterocycles. The Morgan fingerprint density at radius 2 is 2.00 bits per heavy atom. The minimum atomic E-state index is -3.39. The summed E-state index contributed by atoms with van der Waals surface area (Å²) in [7, 11) is -3.39. The van der Waals surface area contributed by atoms with Crippen LogP contribution in [0.25, 0.3) is 0 Å². The van der Waals surface area contributed by atoms with E-state index in [0.717, 1.165) is 19.1 Å². The lowest BCUT2D eigenvalue weighted by molar-refractivity contribution is -0.118. The zero-order valence-corrected chi connectivity index (χ0v) is 7.65. The fraction of sp³-hybridized carbons (Fsp3) is 0.833. The molecule has 11 heavy (non-hydrogen) atoms. The van der Waals surface area contributed by atoms with Crippen molar-refractivity contribution in [2.24, 2.45) is 5.92 Å². The highest BCUT2D eigenvalue weighted by Crippen LogP contribution is 2.32. The highest BCUT2D eigenvalue weighted by atomic mass is 35.5. The predicted octanol–water partition coefficient (Wildman–Crippen LogP) is 0.575. The highest BCUT2D eigenvalue weighted by Gasteiger charge is 2.38. The van der Waals surface area contributed by atoms with Gasteiger partial charge in [0.05, 0.1) is 0 Å². The summed E-state index contributed by atoms with van der Waals surface area (Å²) in [5, 5.41) is 0. The van der Waals surface area contributed by atoms with Gasteiger partial charge in [-0.3, -0.25) is 4.79 Å². The Bertz CT molecular complexity index is 266. The van der Waals surface area contributed by atoms with E-state index < -0.39 is 14.5 Å². The van der Waals surface area contributed by atoms with E-state index in [1.807, 2.05) is 0 Å². The lowest BCUT2D eigenvalue weighted by atomic mass is 10.3. The van der Waals surface area contributed by atoms with Crippen LogP contribution in [0.3, 0.4) is 0 Å². The maximum atomic E-state index is 11.0. The van der Waals surface area contributed by atoms with E-state index in [9.17, 15) is 13.2 Å². The van der Waals surface area contributed by atoms with E-state index >= 15 is 0 Å². The molecule has 1 saturated carbocycles. The first kappa shape index (κ1) is 9.00. The summed E-state index contributed by atoms with van der Waals surface area (Å²) in [5.41, 5.74) is 0. The molecule has 0 amide bonds. The predicted molar refractivity (Wildman–Crippen MR) is 42.2 cm³/mol. The zero-order chi connectivity index (χ0) is 8.65. The molecular weight excluding hydrogens is 188 g/mol. The maximum absolute atomic E-state index is 11.0. The van der Waals surface area contributed by atoms with Gasteiger partial charge in [0.25, 0.3) is 0 Å². The number of ketones is 1. The molecule has 3 nitrogen and oxygen atoms in total. The standard InChI is InChI=1S/C6H9ClO3S/c1-11(9,10)6(7)5(8)4-2-3-4/h4,6H,2-3H2,1H3/t6-/m0/s1. The molecule has 0 radical (unpaired) electrons. The molecule has 0 aromatic heterocycles. The van der Waals surface area contributed by atoms with Gasteiger partial charge in [-0.05, 0) is 12.8 Å². The number of alkyl halides is 1. The van der Waals surface area contributed by atoms with Crippen LogP contribution in [0.5, 0.6) is 0 Å². The second-order valence-corrected chi connectivity index (χ2v) is 5.65. The zero-order valence-electron chi connectivity index (χ0n) is 6.08. The summed E-state index contributed by atoms with van der Waals surface area (Å²) >= 11 is 5.40. The smallest absolute Gasteiger partial charge is 0.193 e. The molecule has 64 valence electrons. The topological polar surface area (TPSA) is 51.2 Å². The molecule has 1 rings (SSSR count). The minimum Gasteiger partial charge on any atom is -0.297 e. The first-order chi connectivity index (χ1) is 4.93. The van der Waals surface area contributed by atoms with Crippen molar-refractivity contribution in [1.29, 1.82) is 0 Å². The van der Waals surface area contributed by atoms with Crippen LogP contribution < -0.4 is 0 Å². The second-order valence-electron chi connectivity index (χ2n) is 2.82. The van der Waals surface area contributed by atoms with Gasteiger partial charge < -0.3 is 0 Å². The van der Waals surface area contributed by atoms with Gasteiger partial charge in [0, 0.05) is 12.2 Å². The van der Waals surface area contributed by atoms with Crippen LogP contribution in [-0.4, -0.2) is 25.2 Å². The molecule has 0 bridgehead atoms. The third-order valence-corrected chi connectivity index (χ3v) is 3.75. The molecule has 1 fully saturated rings. The van der Waals surface area contributed by atoms with Crippen LogP contribution in [0.1, 0.15) is 12.8 Å². The second kappa shape index (κ2) is 2.75. The van der Waals surface area contributed by atoms with E-state index in [2.05, 4.69) is 0 Å². The number of Topliss-reactive ketones (excluding diaryl/α,β-unsaturated/α-hetero) is 1. The minimum absolute atomic E-state index is 0.0905. The van der Waals surface area contributed by atoms with Crippen molar-refractivity contribution in [3.05, 3.63) is 0 Å². The largest absolute Gasteiger partial charge is 0.297 e. The van der Waals surface area contributed by atoms with Gasteiger partial charge in [-0.15, -0.1) is 0 Å². The van der Waals surface area contributed by atoms with E-state index in [0.29, 0.717) is 0 Å². The van der Waals surface area contributed by atoms with Gasteiger partial charge in [0.15, 0.2) is 20.3 Å². The normalized spacial score (nSPS) is 21.3. The van der Waals surface area contributed by atoms with Gasteiger partial charge in [-0.1, -0.05) is 11.6 Å². The van der Waals surface area contributed by atoms with Crippen molar-refractivity contribution in [2.75, 3.05) is 6.26 Å². The van der Waals surface area contributed by atoms with Gasteiger partial charge >= 0.3 is 0 Å². The summed E-state index contributed by atoms with van der Waals surface area (Å²) < 4.78 is 20.2. The van der Waals surface area contributed by atoms with E-state index in [-0.39, 0.29) is 11.7 Å². The SMILES string of the molecule is CS(=O)(=O)[C@H](Cl)C(=O)C1CC1. The molecule has 5 heteroatoms. The average Bonchev–Trinajstić information content (AvgIpc) is 2.63. The van der Waals surface area contributed by atoms with Crippen molar-refractivity contribution in [3.63, 3.8) is 0 Å². The van der Waals surface area contributed by atoms with Crippen molar-refractivity contribution < 1.29 is 13.2 Å². The van der Waals surface area contributed by atoms with Gasteiger partial charge in [0.2, 0.25) is 0 Å². The molecule has 0 unspecified atom stereocenters. The summed E-state index contributed by atoms with van der Waals surface area (Å²) in [4.78, 5) is 11.0. The first-order valence-electron chi connectivity index (χ1n) is 3.29. The molecule has 0 aromatic rings. The van der Waals surface area contributed by atoms with Crippen molar-refractivity contribution in [3.8, 4) is 0 Å². The average molecular weight is 197 g/mol. The first-order valence-corrected chi connectivity index (χ1v) is 5.68. The van der Waals surface area contributed by atoms with Gasteiger partial charge in [-0.25, -0.2) is 8.42 Å². The van der Waals surface area contributed by atoms with Crippen LogP contribution in [0.4, 0.5) is 0 Å². The van der Waals surface area contributed by atoms with Gasteiger partial charge in [0.1, 0.15) is 0 Å². The summed E-state index contributed by atoms with van der Waals surface area (Å²) in [5.74, 6) is -0.429. The summed E-state index contributed by atoms with van der Waals surface area (Å²) in [6.07, 6.45) is 2.56. The quantitative estimate of drug-likeness (QED) is 0.621. The van der Waals surface area contributed by atoms with Crippen LogP contribution >= 0.6 is 11.6 Å². The molecular formula is C6H9ClO3S. The summed E-state index contributed by atoms with van der Waals surface area (Å²) in [6.45, 7) is 0. The Hall–Kier alpha value is -0.0900. The third-order valence-electron chi connectivity index (χ3n) is 1.58. The van der Waals surface area contributed by atoms with Crippen LogP contribution in [0, 0.1) is 5.92 Å². The monoisotopic (exact) mass is 196 g/mol. The number of carbonyl (C=O) groups excluding carboxylic acids is 1. The Kier molecular flexibility index (Phi) is 2.25. The maximum Gasteiger partial charge on any atom is 0.193 e. The van der Waals surface area contributed by atoms with E-state index in [4.69, 9.17) is 11.6 Å². The molecule has 1 aliphatic carbocycles.